The van der Waals surface area contributed by atoms with E-state index in [2.05, 4.69) is 10.3 Å². The highest BCUT2D eigenvalue weighted by Crippen LogP contribution is 2.36. The van der Waals surface area contributed by atoms with Crippen molar-refractivity contribution in [2.45, 2.75) is 24.9 Å². The minimum atomic E-state index is -0.372. The van der Waals surface area contributed by atoms with Gasteiger partial charge in [-0.15, -0.1) is 11.3 Å². The van der Waals surface area contributed by atoms with Crippen molar-refractivity contribution >= 4 is 32.9 Å². The smallest absolute Gasteiger partial charge is 0.319 e. The Balaban J connectivity index is 1.99. The lowest BCUT2D eigenvalue weighted by atomic mass is 9.87. The number of nitrogens with two attached hydrogens (primary N) is 1. The van der Waals surface area contributed by atoms with Gasteiger partial charge in [0.2, 0.25) is 0 Å². The van der Waals surface area contributed by atoms with Crippen LogP contribution < -0.4 is 11.1 Å². The van der Waals surface area contributed by atoms with E-state index in [1.807, 2.05) is 6.07 Å². The molecule has 1 aromatic heterocycles. The summed E-state index contributed by atoms with van der Waals surface area (Å²) < 4.78 is 0.831. The highest BCUT2D eigenvalue weighted by molar-refractivity contribution is 7.16. The van der Waals surface area contributed by atoms with Gasteiger partial charge < -0.3 is 11.1 Å². The molecule has 18 heavy (non-hydrogen) atoms. The fourth-order valence-corrected chi connectivity index (χ4v) is 2.90. The molecule has 0 amide bonds. The first-order valence-electron chi connectivity index (χ1n) is 5.68. The van der Waals surface area contributed by atoms with E-state index in [0.717, 1.165) is 17.5 Å². The number of rotatable bonds is 3. The Morgan fingerprint density at radius 3 is 2.94 bits per heavy atom. The van der Waals surface area contributed by atoms with E-state index < -0.39 is 0 Å². The Hall–Kier alpha value is -1.73. The lowest BCUT2D eigenvalue weighted by Gasteiger charge is -2.33. The van der Waals surface area contributed by atoms with E-state index in [-0.39, 0.29) is 22.7 Å². The minimum absolute atomic E-state index is 0.0641. The number of nitrogens with one attached hydrogen (secondary N) is 1. The molecule has 1 fully saturated rings. The van der Waals surface area contributed by atoms with E-state index in [1.165, 1.54) is 11.3 Å². The third-order valence-corrected chi connectivity index (χ3v) is 3.99. The predicted octanol–water partition coefficient (Wildman–Crippen LogP) is 2.11. The molecule has 0 atom stereocenters. The quantitative estimate of drug-likeness (QED) is 0.654. The van der Waals surface area contributed by atoms with Gasteiger partial charge in [-0.25, -0.2) is 4.98 Å². The summed E-state index contributed by atoms with van der Waals surface area (Å²) in [6.45, 7) is 0. The molecule has 1 aliphatic carbocycles. The van der Waals surface area contributed by atoms with Crippen LogP contribution in [0.2, 0.25) is 0 Å². The van der Waals surface area contributed by atoms with Crippen LogP contribution in [0.5, 0.6) is 0 Å². The van der Waals surface area contributed by atoms with Crippen LogP contribution in [-0.4, -0.2) is 22.0 Å². The summed E-state index contributed by atoms with van der Waals surface area (Å²) in [4.78, 5) is 14.9. The zero-order chi connectivity index (χ0) is 12.7. The third kappa shape index (κ3) is 1.81. The minimum Gasteiger partial charge on any atom is -0.377 e. The van der Waals surface area contributed by atoms with Crippen LogP contribution in [0.3, 0.4) is 0 Å². The Morgan fingerprint density at radius 2 is 2.28 bits per heavy atom. The molecule has 3 N–H and O–H groups in total. The van der Waals surface area contributed by atoms with Gasteiger partial charge in [-0.05, 0) is 25.0 Å². The van der Waals surface area contributed by atoms with Crippen LogP contribution in [0.25, 0.3) is 10.2 Å². The second-order valence-corrected chi connectivity index (χ2v) is 5.38. The molecule has 1 aliphatic rings. The molecule has 2 aromatic rings. The number of nitro benzene ring substituents is 1. The largest absolute Gasteiger partial charge is 0.377 e. The Kier molecular flexibility index (Phi) is 2.64. The van der Waals surface area contributed by atoms with Crippen LogP contribution in [0, 0.1) is 10.1 Å². The molecule has 0 aliphatic heterocycles. The average Bonchev–Trinajstić information content (AvgIpc) is 2.73. The SMILES string of the molecule is NC1CC(Nc2ccc3scnc3c2[N+](=O)[O-])C1. The molecule has 1 aromatic carbocycles. The summed E-state index contributed by atoms with van der Waals surface area (Å²) in [5.41, 5.74) is 8.39. The summed E-state index contributed by atoms with van der Waals surface area (Å²) in [6.07, 6.45) is 1.71. The van der Waals surface area contributed by atoms with Crippen LogP contribution in [0.4, 0.5) is 11.4 Å². The van der Waals surface area contributed by atoms with Gasteiger partial charge in [0.25, 0.3) is 0 Å². The molecule has 0 bridgehead atoms. The molecule has 1 saturated carbocycles. The van der Waals surface area contributed by atoms with E-state index in [4.69, 9.17) is 5.73 Å². The molecule has 0 saturated heterocycles. The van der Waals surface area contributed by atoms with E-state index in [0.29, 0.717) is 11.2 Å². The summed E-state index contributed by atoms with van der Waals surface area (Å²) in [5.74, 6) is 0. The third-order valence-electron chi connectivity index (χ3n) is 3.19. The van der Waals surface area contributed by atoms with Crippen molar-refractivity contribution in [2.24, 2.45) is 5.73 Å². The average molecular weight is 264 g/mol. The molecule has 0 unspecified atom stereocenters. The predicted molar refractivity (Wildman–Crippen MR) is 70.9 cm³/mol. The molecule has 0 spiro atoms. The Morgan fingerprint density at radius 1 is 1.50 bits per heavy atom. The highest BCUT2D eigenvalue weighted by atomic mass is 32.1. The normalized spacial score (nSPS) is 22.7. The van der Waals surface area contributed by atoms with Crippen molar-refractivity contribution in [3.8, 4) is 0 Å². The van der Waals surface area contributed by atoms with Crippen molar-refractivity contribution in [3.63, 3.8) is 0 Å². The Bertz CT molecular complexity index is 606. The van der Waals surface area contributed by atoms with E-state index in [1.54, 1.807) is 11.6 Å². The van der Waals surface area contributed by atoms with Crippen LogP contribution >= 0.6 is 11.3 Å². The summed E-state index contributed by atoms with van der Waals surface area (Å²) in [6, 6.07) is 4.06. The lowest BCUT2D eigenvalue weighted by molar-refractivity contribution is -0.382. The standard InChI is InChI=1S/C11H12N4O2S/c12-6-3-7(4-6)14-8-1-2-9-10(13-5-18-9)11(8)15(16)17/h1-2,5-7,14H,3-4,12H2. The maximum Gasteiger partial charge on any atom is 0.319 e. The molecule has 94 valence electrons. The number of nitrogens with zero attached hydrogens (tertiary/aromatic N) is 2. The van der Waals surface area contributed by atoms with Crippen molar-refractivity contribution < 1.29 is 4.92 Å². The summed E-state index contributed by atoms with van der Waals surface area (Å²) in [5, 5.41) is 14.4. The zero-order valence-corrected chi connectivity index (χ0v) is 10.3. The highest BCUT2D eigenvalue weighted by Gasteiger charge is 2.29. The first kappa shape index (κ1) is 11.4. The van der Waals surface area contributed by atoms with Gasteiger partial charge >= 0.3 is 5.69 Å². The molecule has 6 nitrogen and oxygen atoms in total. The van der Waals surface area contributed by atoms with Gasteiger partial charge in [-0.1, -0.05) is 0 Å². The van der Waals surface area contributed by atoms with Crippen LogP contribution in [0.15, 0.2) is 17.6 Å². The maximum absolute atomic E-state index is 11.2. The van der Waals surface area contributed by atoms with Crippen molar-refractivity contribution in [3.05, 3.63) is 27.8 Å². The zero-order valence-electron chi connectivity index (χ0n) is 9.50. The summed E-state index contributed by atoms with van der Waals surface area (Å²) in [7, 11) is 0. The molecular weight excluding hydrogens is 252 g/mol. The number of aromatic nitrogens is 1. The monoisotopic (exact) mass is 264 g/mol. The number of thiazole rings is 1. The second-order valence-electron chi connectivity index (χ2n) is 4.49. The Labute approximate surface area is 107 Å². The van der Waals surface area contributed by atoms with E-state index >= 15 is 0 Å². The number of fused-ring (bicyclic) bond motifs is 1. The lowest BCUT2D eigenvalue weighted by Crippen LogP contribution is -2.44. The molecule has 1 heterocycles. The molecule has 7 heteroatoms. The van der Waals surface area contributed by atoms with Gasteiger partial charge in [0.1, 0.15) is 5.69 Å². The van der Waals surface area contributed by atoms with Crippen molar-refractivity contribution in [2.75, 3.05) is 5.32 Å². The van der Waals surface area contributed by atoms with E-state index in [9.17, 15) is 10.1 Å². The number of hydrogen-bond acceptors (Lipinski definition) is 6. The topological polar surface area (TPSA) is 94.1 Å². The van der Waals surface area contributed by atoms with Crippen molar-refractivity contribution in [1.29, 1.82) is 0 Å². The van der Waals surface area contributed by atoms with Gasteiger partial charge in [0, 0.05) is 12.1 Å². The van der Waals surface area contributed by atoms with Gasteiger partial charge in [-0.2, -0.15) is 0 Å². The first-order valence-corrected chi connectivity index (χ1v) is 6.56. The van der Waals surface area contributed by atoms with Gasteiger partial charge in [-0.3, -0.25) is 10.1 Å². The number of hydrogen-bond donors (Lipinski definition) is 2. The van der Waals surface area contributed by atoms with Gasteiger partial charge in [0.05, 0.1) is 15.1 Å². The fraction of sp³-hybridized carbons (Fsp3) is 0.364. The van der Waals surface area contributed by atoms with Crippen molar-refractivity contribution in [1.82, 2.24) is 4.98 Å². The molecular formula is C11H12N4O2S. The molecule has 3 rings (SSSR count). The molecule has 0 radical (unpaired) electrons. The fourth-order valence-electron chi connectivity index (χ4n) is 2.22. The van der Waals surface area contributed by atoms with Crippen LogP contribution in [-0.2, 0) is 0 Å². The number of benzene rings is 1. The number of anilines is 1. The number of nitro groups is 1. The summed E-state index contributed by atoms with van der Waals surface area (Å²) >= 11 is 1.40. The van der Waals surface area contributed by atoms with Crippen LogP contribution in [0.1, 0.15) is 12.8 Å². The van der Waals surface area contributed by atoms with Gasteiger partial charge in [0.15, 0.2) is 5.52 Å². The maximum atomic E-state index is 11.2. The second kappa shape index (κ2) is 4.18. The first-order chi connectivity index (χ1) is 8.65.